The number of fused-ring (bicyclic) bond motifs is 1. The van der Waals surface area contributed by atoms with Gasteiger partial charge in [0.1, 0.15) is 18.1 Å². The van der Waals surface area contributed by atoms with Crippen molar-refractivity contribution in [2.45, 2.75) is 32.4 Å². The summed E-state index contributed by atoms with van der Waals surface area (Å²) in [6.07, 6.45) is 7.37. The Morgan fingerprint density at radius 2 is 2.21 bits per heavy atom. The highest BCUT2D eigenvalue weighted by Crippen LogP contribution is 2.21. The largest absolute Gasteiger partial charge is 0.488 e. The number of likely N-dealkylation sites (tertiary alicyclic amines) is 1. The van der Waals surface area contributed by atoms with Gasteiger partial charge in [-0.1, -0.05) is 0 Å². The molecule has 1 aliphatic heterocycles. The minimum absolute atomic E-state index is 0.267. The maximum Gasteiger partial charge on any atom is 0.160 e. The number of nitrogens with one attached hydrogen (secondary N) is 1. The maximum absolute atomic E-state index is 9.63. The van der Waals surface area contributed by atoms with Gasteiger partial charge < -0.3 is 20.9 Å². The zero-order chi connectivity index (χ0) is 23.4. The SMILES string of the molecule is CN=C(/C(=C\N)OC[C@H]1CCN1C[C@H](C)O)c1ccn2nc(Nc3cnc(C)cn3)cc2c1. The molecule has 0 amide bonds. The molecule has 2 atom stereocenters. The van der Waals surface area contributed by atoms with Crippen LogP contribution in [0.2, 0.25) is 0 Å². The molecule has 174 valence electrons. The van der Waals surface area contributed by atoms with Crippen LogP contribution < -0.4 is 11.1 Å². The van der Waals surface area contributed by atoms with Crippen molar-refractivity contribution in [3.05, 3.63) is 60.0 Å². The topological polar surface area (TPSA) is 126 Å². The number of allylic oxidation sites excluding steroid dienone is 1. The van der Waals surface area contributed by atoms with Gasteiger partial charge in [-0.15, -0.1) is 0 Å². The summed E-state index contributed by atoms with van der Waals surface area (Å²) < 4.78 is 7.83. The van der Waals surface area contributed by atoms with E-state index in [-0.39, 0.29) is 12.1 Å². The third kappa shape index (κ3) is 5.29. The van der Waals surface area contributed by atoms with Crippen LogP contribution in [-0.4, -0.2) is 74.2 Å². The van der Waals surface area contributed by atoms with Crippen LogP contribution in [-0.2, 0) is 4.74 Å². The molecule has 1 fully saturated rings. The highest BCUT2D eigenvalue weighted by Gasteiger charge is 2.29. The van der Waals surface area contributed by atoms with Crippen molar-refractivity contribution in [3.63, 3.8) is 0 Å². The summed E-state index contributed by atoms with van der Waals surface area (Å²) in [6.45, 7) is 5.80. The lowest BCUT2D eigenvalue weighted by Crippen LogP contribution is -2.52. The summed E-state index contributed by atoms with van der Waals surface area (Å²) in [5.41, 5.74) is 9.18. The van der Waals surface area contributed by atoms with Crippen molar-refractivity contribution in [1.82, 2.24) is 24.5 Å². The zero-order valence-corrected chi connectivity index (χ0v) is 19.1. The van der Waals surface area contributed by atoms with Gasteiger partial charge in [0.2, 0.25) is 0 Å². The Hall–Kier alpha value is -3.50. The summed E-state index contributed by atoms with van der Waals surface area (Å²) in [5.74, 6) is 1.82. The summed E-state index contributed by atoms with van der Waals surface area (Å²) in [6, 6.07) is 6.10. The van der Waals surface area contributed by atoms with Gasteiger partial charge in [0.05, 0.1) is 29.7 Å². The monoisotopic (exact) mass is 450 g/mol. The van der Waals surface area contributed by atoms with Gasteiger partial charge in [-0.2, -0.15) is 5.10 Å². The number of hydrogen-bond acceptors (Lipinski definition) is 9. The second kappa shape index (κ2) is 9.97. The van der Waals surface area contributed by atoms with Gasteiger partial charge in [0.15, 0.2) is 11.6 Å². The third-order valence-corrected chi connectivity index (χ3v) is 5.58. The highest BCUT2D eigenvalue weighted by atomic mass is 16.5. The molecule has 0 bridgehead atoms. The molecule has 4 N–H and O–H groups in total. The molecular formula is C23H30N8O2. The molecule has 0 aromatic carbocycles. The van der Waals surface area contributed by atoms with E-state index >= 15 is 0 Å². The molecule has 0 radical (unpaired) electrons. The second-order valence-corrected chi connectivity index (χ2v) is 8.18. The number of anilines is 2. The van der Waals surface area contributed by atoms with Crippen LogP contribution in [0.1, 0.15) is 24.6 Å². The van der Waals surface area contributed by atoms with Crippen LogP contribution in [0.5, 0.6) is 0 Å². The van der Waals surface area contributed by atoms with Crippen molar-refractivity contribution in [1.29, 1.82) is 0 Å². The van der Waals surface area contributed by atoms with Crippen LogP contribution in [0.3, 0.4) is 0 Å². The Labute approximate surface area is 192 Å². The summed E-state index contributed by atoms with van der Waals surface area (Å²) in [7, 11) is 1.72. The van der Waals surface area contributed by atoms with Crippen LogP contribution >= 0.6 is 0 Å². The first-order valence-electron chi connectivity index (χ1n) is 11.0. The van der Waals surface area contributed by atoms with E-state index in [0.29, 0.717) is 36.3 Å². The fourth-order valence-corrected chi connectivity index (χ4v) is 3.82. The molecular weight excluding hydrogens is 420 g/mol. The van der Waals surface area contributed by atoms with Crippen LogP contribution in [0.4, 0.5) is 11.6 Å². The van der Waals surface area contributed by atoms with E-state index in [1.54, 1.807) is 30.9 Å². The summed E-state index contributed by atoms with van der Waals surface area (Å²) in [5, 5.41) is 17.3. The molecule has 3 aromatic rings. The minimum Gasteiger partial charge on any atom is -0.488 e. The predicted molar refractivity (Wildman–Crippen MR) is 128 cm³/mol. The lowest BCUT2D eigenvalue weighted by atomic mass is 10.0. The number of aliphatic imine (C=N–C) groups is 1. The number of aromatic nitrogens is 4. The fourth-order valence-electron chi connectivity index (χ4n) is 3.82. The minimum atomic E-state index is -0.357. The lowest BCUT2D eigenvalue weighted by Gasteiger charge is -2.41. The second-order valence-electron chi connectivity index (χ2n) is 8.18. The predicted octanol–water partition coefficient (Wildman–Crippen LogP) is 1.87. The number of aryl methyl sites for hydroxylation is 1. The first-order chi connectivity index (χ1) is 16.0. The molecule has 1 saturated heterocycles. The fraction of sp³-hybridized carbons (Fsp3) is 0.391. The first kappa shape index (κ1) is 22.7. The molecule has 0 saturated carbocycles. The number of pyridine rings is 1. The van der Waals surface area contributed by atoms with Gasteiger partial charge in [-0.25, -0.2) is 9.50 Å². The Morgan fingerprint density at radius 1 is 1.36 bits per heavy atom. The van der Waals surface area contributed by atoms with Crippen LogP contribution in [0.25, 0.3) is 5.52 Å². The molecule has 1 aliphatic rings. The summed E-state index contributed by atoms with van der Waals surface area (Å²) in [4.78, 5) is 15.2. The number of nitrogens with zero attached hydrogens (tertiary/aromatic N) is 6. The maximum atomic E-state index is 9.63. The molecule has 0 aliphatic carbocycles. The third-order valence-electron chi connectivity index (χ3n) is 5.58. The molecule has 33 heavy (non-hydrogen) atoms. The molecule has 4 heterocycles. The Balaban J connectivity index is 1.46. The number of rotatable bonds is 9. The standard InChI is InChI=1S/C23H30N8O2/c1-15-11-27-22(12-26-15)28-21-9-19-8-17(4-7-31(19)29-21)23(25-3)20(10-24)33-14-18-5-6-30(18)13-16(2)32/h4,7-12,16,18,32H,5-6,13-14,24H2,1-3H3,(H,27,28,29)/b20-10+,25-23?/t16-,18+/m0/s1. The van der Waals surface area contributed by atoms with E-state index in [2.05, 4.69) is 30.3 Å². The normalized spacial score (nSPS) is 18.2. The molecule has 0 unspecified atom stereocenters. The molecule has 3 aromatic heterocycles. The van der Waals surface area contributed by atoms with Gasteiger partial charge >= 0.3 is 0 Å². The number of aliphatic hydroxyl groups excluding tert-OH is 1. The van der Waals surface area contributed by atoms with Crippen LogP contribution in [0, 0.1) is 6.92 Å². The number of ether oxygens (including phenoxy) is 1. The molecule has 0 spiro atoms. The van der Waals surface area contributed by atoms with E-state index in [1.807, 2.05) is 31.3 Å². The van der Waals surface area contributed by atoms with Gasteiger partial charge in [0, 0.05) is 50.2 Å². The van der Waals surface area contributed by atoms with Gasteiger partial charge in [-0.05, 0) is 32.4 Å². The van der Waals surface area contributed by atoms with Crippen molar-refractivity contribution < 1.29 is 9.84 Å². The van der Waals surface area contributed by atoms with E-state index < -0.39 is 0 Å². The average molecular weight is 451 g/mol. The quantitative estimate of drug-likeness (QED) is 0.333. The van der Waals surface area contributed by atoms with Gasteiger partial charge in [0.25, 0.3) is 0 Å². The first-order valence-corrected chi connectivity index (χ1v) is 11.0. The summed E-state index contributed by atoms with van der Waals surface area (Å²) >= 11 is 0. The highest BCUT2D eigenvalue weighted by molar-refractivity contribution is 6.11. The van der Waals surface area contributed by atoms with Gasteiger partial charge in [-0.3, -0.25) is 14.9 Å². The average Bonchev–Trinajstić information content (AvgIpc) is 3.19. The van der Waals surface area contributed by atoms with E-state index in [9.17, 15) is 5.11 Å². The molecule has 10 heteroatoms. The Morgan fingerprint density at radius 3 is 2.85 bits per heavy atom. The number of hydrogen-bond donors (Lipinski definition) is 3. The number of β-amino-alcohol motifs (C(OH)–C–C–N with tert-alkyl or cyclic N) is 1. The Kier molecular flexibility index (Phi) is 6.85. The van der Waals surface area contributed by atoms with Crippen molar-refractivity contribution in [2.24, 2.45) is 10.7 Å². The lowest BCUT2D eigenvalue weighted by molar-refractivity contribution is 0.00267. The van der Waals surface area contributed by atoms with Crippen molar-refractivity contribution in [3.8, 4) is 0 Å². The molecule has 10 nitrogen and oxygen atoms in total. The van der Waals surface area contributed by atoms with E-state index in [1.165, 1.54) is 6.20 Å². The smallest absolute Gasteiger partial charge is 0.160 e. The number of nitrogens with two attached hydrogens (primary N) is 1. The van der Waals surface area contributed by atoms with Crippen molar-refractivity contribution in [2.75, 3.05) is 32.1 Å². The van der Waals surface area contributed by atoms with Crippen molar-refractivity contribution >= 4 is 22.9 Å². The molecule has 4 rings (SSSR count). The van der Waals surface area contributed by atoms with Crippen LogP contribution in [0.15, 0.2) is 53.7 Å². The van der Waals surface area contributed by atoms with E-state index in [4.69, 9.17) is 10.5 Å². The van der Waals surface area contributed by atoms with E-state index in [0.717, 1.165) is 29.7 Å². The zero-order valence-electron chi connectivity index (χ0n) is 19.1. The Bertz CT molecular complexity index is 1150. The number of aliphatic hydroxyl groups is 1.